The van der Waals surface area contributed by atoms with Gasteiger partial charge in [0.15, 0.2) is 11.6 Å². The molecule has 0 bridgehead atoms. The normalized spacial score (nSPS) is 42.9. The lowest BCUT2D eigenvalue weighted by molar-refractivity contribution is -0.166. The van der Waals surface area contributed by atoms with Gasteiger partial charge in [-0.05, 0) is 49.5 Å². The second-order valence-corrected chi connectivity index (χ2v) is 7.42. The van der Waals surface area contributed by atoms with Crippen LogP contribution >= 0.6 is 0 Å². The number of ketones is 2. The minimum absolute atomic E-state index is 0.00935. The maximum absolute atomic E-state index is 12.5. The van der Waals surface area contributed by atoms with Crippen LogP contribution in [0.2, 0.25) is 0 Å². The van der Waals surface area contributed by atoms with Crippen LogP contribution in [-0.2, 0) is 14.4 Å². The predicted molar refractivity (Wildman–Crippen MR) is 76.6 cm³/mol. The molecule has 0 heterocycles. The highest BCUT2D eigenvalue weighted by atomic mass is 16.4. The third-order valence-electron chi connectivity index (χ3n) is 6.34. The number of carboxylic acids is 1. The van der Waals surface area contributed by atoms with Gasteiger partial charge >= 0.3 is 5.97 Å². The average Bonchev–Trinajstić information content (AvgIpc) is 2.41. The summed E-state index contributed by atoms with van der Waals surface area (Å²) in [7, 11) is 0. The maximum Gasteiger partial charge on any atom is 0.309 e. The van der Waals surface area contributed by atoms with Crippen molar-refractivity contribution >= 4 is 17.5 Å². The van der Waals surface area contributed by atoms with Gasteiger partial charge in [0.25, 0.3) is 0 Å². The van der Waals surface area contributed by atoms with Gasteiger partial charge in [-0.2, -0.15) is 0 Å². The van der Waals surface area contributed by atoms with E-state index in [0.29, 0.717) is 24.8 Å². The van der Waals surface area contributed by atoms with Crippen LogP contribution in [0.25, 0.3) is 0 Å². The summed E-state index contributed by atoms with van der Waals surface area (Å²) in [6.07, 6.45) is 5.44. The molecule has 3 rings (SSSR count). The largest absolute Gasteiger partial charge is 0.481 e. The van der Waals surface area contributed by atoms with Crippen LogP contribution in [0.15, 0.2) is 11.6 Å². The number of hydrogen-bond acceptors (Lipinski definition) is 3. The Morgan fingerprint density at radius 3 is 2.67 bits per heavy atom. The van der Waals surface area contributed by atoms with Crippen molar-refractivity contribution in [1.29, 1.82) is 0 Å². The van der Waals surface area contributed by atoms with Crippen molar-refractivity contribution in [3.05, 3.63) is 11.6 Å². The van der Waals surface area contributed by atoms with Gasteiger partial charge in [0.2, 0.25) is 0 Å². The molecule has 1 N–H and O–H groups in total. The Kier molecular flexibility index (Phi) is 3.12. The van der Waals surface area contributed by atoms with Crippen LogP contribution < -0.4 is 0 Å². The van der Waals surface area contributed by atoms with Crippen LogP contribution in [0.5, 0.6) is 0 Å². The van der Waals surface area contributed by atoms with Gasteiger partial charge < -0.3 is 5.11 Å². The number of fused-ring (bicyclic) bond motifs is 3. The molecule has 4 nitrogen and oxygen atoms in total. The summed E-state index contributed by atoms with van der Waals surface area (Å²) in [5.41, 5.74) is -0.332. The molecular formula is C17H22O4. The van der Waals surface area contributed by atoms with Crippen molar-refractivity contribution in [3.8, 4) is 0 Å². The molecule has 0 radical (unpaired) electrons. The van der Waals surface area contributed by atoms with E-state index in [2.05, 4.69) is 6.92 Å². The number of allylic oxidation sites excluding steroid dienone is 2. The zero-order valence-electron chi connectivity index (χ0n) is 12.6. The number of aliphatic carboxylic acids is 1. The Morgan fingerprint density at radius 2 is 2.00 bits per heavy atom. The summed E-state index contributed by atoms with van der Waals surface area (Å²) < 4.78 is 0. The zero-order chi connectivity index (χ0) is 15.4. The standard InChI is InChI=1S/C17H22O4/c1-16-6-3-7-17(2,15(20)21)14(16)9-13(19)11-8-10(18)4-5-12(11)16/h8,12,14H,3-7,9H2,1-2H3,(H,20,21)/t12-,14+,16-,17-/m1/s1. The van der Waals surface area contributed by atoms with Gasteiger partial charge in [0, 0.05) is 18.4 Å². The van der Waals surface area contributed by atoms with Crippen LogP contribution in [0.1, 0.15) is 52.4 Å². The molecule has 3 aliphatic rings. The Balaban J connectivity index is 2.08. The number of Topliss-reactive ketones (excluding diaryl/α,β-unsaturated/α-hetero) is 1. The first kappa shape index (κ1) is 14.5. The molecule has 0 unspecified atom stereocenters. The second kappa shape index (κ2) is 4.52. The van der Waals surface area contributed by atoms with E-state index in [1.54, 1.807) is 6.92 Å². The Morgan fingerprint density at radius 1 is 1.29 bits per heavy atom. The van der Waals surface area contributed by atoms with Gasteiger partial charge in [-0.3, -0.25) is 14.4 Å². The van der Waals surface area contributed by atoms with E-state index in [1.807, 2.05) is 0 Å². The molecule has 114 valence electrons. The number of carbonyl (C=O) groups is 3. The Hall–Kier alpha value is -1.45. The fourth-order valence-electron chi connectivity index (χ4n) is 5.10. The van der Waals surface area contributed by atoms with Crippen LogP contribution in [-0.4, -0.2) is 22.6 Å². The minimum atomic E-state index is -0.824. The first-order valence-electron chi connectivity index (χ1n) is 7.80. The van der Waals surface area contributed by atoms with Crippen molar-refractivity contribution < 1.29 is 19.5 Å². The van der Waals surface area contributed by atoms with Crippen molar-refractivity contribution in [1.82, 2.24) is 0 Å². The first-order chi connectivity index (χ1) is 9.79. The molecule has 0 aromatic heterocycles. The van der Waals surface area contributed by atoms with E-state index in [-0.39, 0.29) is 35.2 Å². The number of hydrogen-bond donors (Lipinski definition) is 1. The van der Waals surface area contributed by atoms with Crippen molar-refractivity contribution in [2.24, 2.45) is 22.7 Å². The maximum atomic E-state index is 12.5. The fraction of sp³-hybridized carbons (Fsp3) is 0.706. The van der Waals surface area contributed by atoms with Crippen LogP contribution in [0.4, 0.5) is 0 Å². The topological polar surface area (TPSA) is 71.4 Å². The van der Waals surface area contributed by atoms with E-state index in [4.69, 9.17) is 0 Å². The summed E-state index contributed by atoms with van der Waals surface area (Å²) in [6.45, 7) is 3.94. The lowest BCUT2D eigenvalue weighted by atomic mass is 9.45. The summed E-state index contributed by atoms with van der Waals surface area (Å²) in [5, 5.41) is 9.70. The van der Waals surface area contributed by atoms with E-state index >= 15 is 0 Å². The number of carboxylic acid groups (broad SMARTS) is 1. The van der Waals surface area contributed by atoms with Gasteiger partial charge in [0.05, 0.1) is 5.41 Å². The fourth-order valence-corrected chi connectivity index (χ4v) is 5.10. The summed E-state index contributed by atoms with van der Waals surface area (Å²) in [5.74, 6) is -0.830. The minimum Gasteiger partial charge on any atom is -0.481 e. The molecule has 21 heavy (non-hydrogen) atoms. The SMILES string of the molecule is C[C@]12CCC[C@@](C)(C(=O)O)[C@H]1CC(=O)C1=CC(=O)CC[C@H]12. The van der Waals surface area contributed by atoms with E-state index < -0.39 is 11.4 Å². The molecule has 0 aliphatic heterocycles. The summed E-state index contributed by atoms with van der Waals surface area (Å²) in [4.78, 5) is 35.9. The first-order valence-corrected chi connectivity index (χ1v) is 7.80. The number of carbonyl (C=O) groups excluding carboxylic acids is 2. The van der Waals surface area contributed by atoms with Gasteiger partial charge in [-0.1, -0.05) is 13.3 Å². The molecule has 4 atom stereocenters. The monoisotopic (exact) mass is 290 g/mol. The molecular weight excluding hydrogens is 268 g/mol. The van der Waals surface area contributed by atoms with Crippen LogP contribution in [0.3, 0.4) is 0 Å². The van der Waals surface area contributed by atoms with E-state index in [0.717, 1.165) is 12.8 Å². The average molecular weight is 290 g/mol. The predicted octanol–water partition coefficient (Wildman–Crippen LogP) is 2.76. The Labute approximate surface area is 124 Å². The van der Waals surface area contributed by atoms with Crippen molar-refractivity contribution in [2.45, 2.75) is 52.4 Å². The van der Waals surface area contributed by atoms with Gasteiger partial charge in [-0.25, -0.2) is 0 Å². The van der Waals surface area contributed by atoms with E-state index in [1.165, 1.54) is 6.08 Å². The quantitative estimate of drug-likeness (QED) is 0.806. The summed E-state index contributed by atoms with van der Waals surface area (Å²) >= 11 is 0. The molecule has 0 amide bonds. The van der Waals surface area contributed by atoms with E-state index in [9.17, 15) is 19.5 Å². The highest BCUT2D eigenvalue weighted by Gasteiger charge is 2.60. The third-order valence-corrected chi connectivity index (χ3v) is 6.34. The molecule has 2 fully saturated rings. The Bertz CT molecular complexity index is 561. The van der Waals surface area contributed by atoms with Crippen LogP contribution in [0, 0.1) is 22.7 Å². The third kappa shape index (κ3) is 1.91. The zero-order valence-corrected chi connectivity index (χ0v) is 12.6. The highest BCUT2D eigenvalue weighted by Crippen LogP contribution is 2.61. The van der Waals surface area contributed by atoms with Crippen molar-refractivity contribution in [2.75, 3.05) is 0 Å². The van der Waals surface area contributed by atoms with Gasteiger partial charge in [-0.15, -0.1) is 0 Å². The smallest absolute Gasteiger partial charge is 0.309 e. The lowest BCUT2D eigenvalue weighted by Crippen LogP contribution is -2.55. The summed E-state index contributed by atoms with van der Waals surface area (Å²) in [6, 6.07) is 0. The van der Waals surface area contributed by atoms with Crippen molar-refractivity contribution in [3.63, 3.8) is 0 Å². The molecule has 0 aromatic carbocycles. The lowest BCUT2D eigenvalue weighted by Gasteiger charge is -2.57. The molecule has 4 heteroatoms. The second-order valence-electron chi connectivity index (χ2n) is 7.42. The number of rotatable bonds is 1. The molecule has 3 aliphatic carbocycles. The molecule has 0 aromatic rings. The highest BCUT2D eigenvalue weighted by molar-refractivity contribution is 6.05. The van der Waals surface area contributed by atoms with Gasteiger partial charge in [0.1, 0.15) is 0 Å². The molecule has 0 spiro atoms. The molecule has 0 saturated heterocycles. The molecule has 2 saturated carbocycles.